The Labute approximate surface area is 149 Å². The van der Waals surface area contributed by atoms with Gasteiger partial charge in [-0.3, -0.25) is 14.4 Å². The Balaban J connectivity index is 1.56. The Kier molecular flexibility index (Phi) is 5.76. The molecule has 2 aliphatic heterocycles. The van der Waals surface area contributed by atoms with Crippen molar-refractivity contribution >= 4 is 5.91 Å². The first-order chi connectivity index (χ1) is 12.1. The Morgan fingerprint density at radius 3 is 2.96 bits per heavy atom. The van der Waals surface area contributed by atoms with Crippen molar-refractivity contribution in [1.29, 1.82) is 0 Å². The second-order valence-corrected chi connectivity index (χ2v) is 7.28. The molecule has 0 N–H and O–H groups in total. The summed E-state index contributed by atoms with van der Waals surface area (Å²) in [6.45, 7) is 7.56. The number of carbonyl (C=O) groups excluding carboxylic acids is 1. The number of aromatic nitrogens is 2. The molecule has 2 fully saturated rings. The summed E-state index contributed by atoms with van der Waals surface area (Å²) >= 11 is 0. The molecule has 1 aromatic rings. The first-order valence-electron chi connectivity index (χ1n) is 9.18. The normalized spacial score (nSPS) is 23.0. The highest BCUT2D eigenvalue weighted by molar-refractivity contribution is 5.93. The van der Waals surface area contributed by atoms with Gasteiger partial charge in [-0.2, -0.15) is 5.10 Å². The van der Waals surface area contributed by atoms with Crippen molar-refractivity contribution in [1.82, 2.24) is 19.6 Å². The third-order valence-corrected chi connectivity index (χ3v) is 5.55. The van der Waals surface area contributed by atoms with Crippen molar-refractivity contribution in [3.63, 3.8) is 0 Å². The van der Waals surface area contributed by atoms with Crippen LogP contribution in [0.2, 0.25) is 0 Å². The van der Waals surface area contributed by atoms with Crippen LogP contribution in [0.3, 0.4) is 0 Å². The van der Waals surface area contributed by atoms with Gasteiger partial charge in [0, 0.05) is 39.6 Å². The molecule has 7 nitrogen and oxygen atoms in total. The van der Waals surface area contributed by atoms with Crippen molar-refractivity contribution in [3.8, 4) is 0 Å². The van der Waals surface area contributed by atoms with Crippen LogP contribution in [-0.2, 0) is 16.0 Å². The number of ether oxygens (including phenoxy) is 2. The van der Waals surface area contributed by atoms with Gasteiger partial charge in [-0.25, -0.2) is 0 Å². The number of methoxy groups -OCH3 is 1. The number of hydrogen-bond donors (Lipinski definition) is 0. The standard InChI is InChI=1S/C18H30N4O3/c1-4-25-12-15-5-7-20(2)18(11-15)13-21(14-18)17(23)16-6-8-22(19-16)9-10-24-3/h6,8,15H,4-5,7,9-14H2,1-3H3/t15-/m0/s1. The molecule has 0 saturated carbocycles. The lowest BCUT2D eigenvalue weighted by molar-refractivity contribution is -0.0753. The lowest BCUT2D eigenvalue weighted by Crippen LogP contribution is -2.72. The molecule has 3 rings (SSSR count). The summed E-state index contributed by atoms with van der Waals surface area (Å²) in [6.07, 6.45) is 4.12. The van der Waals surface area contributed by atoms with Gasteiger partial charge >= 0.3 is 0 Å². The minimum absolute atomic E-state index is 0.0297. The summed E-state index contributed by atoms with van der Waals surface area (Å²) < 4.78 is 12.4. The third-order valence-electron chi connectivity index (χ3n) is 5.55. The predicted octanol–water partition coefficient (Wildman–Crippen LogP) is 1.10. The molecular weight excluding hydrogens is 320 g/mol. The summed E-state index contributed by atoms with van der Waals surface area (Å²) in [7, 11) is 3.84. The number of likely N-dealkylation sites (N-methyl/N-ethyl adjacent to an activating group) is 1. The molecule has 2 saturated heterocycles. The van der Waals surface area contributed by atoms with E-state index in [9.17, 15) is 4.79 Å². The van der Waals surface area contributed by atoms with Crippen LogP contribution in [0.15, 0.2) is 12.3 Å². The van der Waals surface area contributed by atoms with E-state index in [1.165, 1.54) is 6.42 Å². The highest BCUT2D eigenvalue weighted by Crippen LogP contribution is 2.38. The summed E-state index contributed by atoms with van der Waals surface area (Å²) in [5.41, 5.74) is 0.643. The number of carbonyl (C=O) groups is 1. The van der Waals surface area contributed by atoms with E-state index in [0.29, 0.717) is 24.8 Å². The molecule has 1 atom stereocenters. The number of amides is 1. The van der Waals surface area contributed by atoms with Crippen LogP contribution in [0.25, 0.3) is 0 Å². The Morgan fingerprint density at radius 2 is 2.24 bits per heavy atom. The predicted molar refractivity (Wildman–Crippen MR) is 94.6 cm³/mol. The average Bonchev–Trinajstić information content (AvgIpc) is 3.05. The summed E-state index contributed by atoms with van der Waals surface area (Å²) in [5.74, 6) is 0.628. The molecule has 1 aromatic heterocycles. The Hall–Kier alpha value is -1.44. The van der Waals surface area contributed by atoms with Gasteiger partial charge in [0.15, 0.2) is 0 Å². The molecule has 1 amide bonds. The fourth-order valence-electron chi connectivity index (χ4n) is 3.96. The molecule has 0 radical (unpaired) electrons. The van der Waals surface area contributed by atoms with E-state index in [0.717, 1.165) is 39.3 Å². The smallest absolute Gasteiger partial charge is 0.274 e. The van der Waals surface area contributed by atoms with Gasteiger partial charge in [-0.1, -0.05) is 0 Å². The zero-order valence-electron chi connectivity index (χ0n) is 15.6. The number of piperidine rings is 1. The first-order valence-corrected chi connectivity index (χ1v) is 9.18. The molecule has 1 spiro atoms. The first kappa shape index (κ1) is 18.4. The van der Waals surface area contributed by atoms with E-state index < -0.39 is 0 Å². The fraction of sp³-hybridized carbons (Fsp3) is 0.778. The van der Waals surface area contributed by atoms with E-state index in [1.54, 1.807) is 17.9 Å². The number of nitrogens with zero attached hydrogens (tertiary/aromatic N) is 4. The third kappa shape index (κ3) is 3.88. The minimum Gasteiger partial charge on any atom is -0.383 e. The van der Waals surface area contributed by atoms with Gasteiger partial charge in [0.25, 0.3) is 5.91 Å². The van der Waals surface area contributed by atoms with Crippen molar-refractivity contribution in [2.24, 2.45) is 5.92 Å². The van der Waals surface area contributed by atoms with Crippen molar-refractivity contribution in [2.45, 2.75) is 31.8 Å². The van der Waals surface area contributed by atoms with Crippen molar-refractivity contribution < 1.29 is 14.3 Å². The van der Waals surface area contributed by atoms with Crippen LogP contribution < -0.4 is 0 Å². The van der Waals surface area contributed by atoms with Gasteiger partial charge in [0.05, 0.1) is 18.7 Å². The van der Waals surface area contributed by atoms with Gasteiger partial charge in [-0.05, 0) is 45.3 Å². The topological polar surface area (TPSA) is 59.8 Å². The molecule has 0 unspecified atom stereocenters. The molecule has 140 valence electrons. The second-order valence-electron chi connectivity index (χ2n) is 7.28. The molecule has 0 aliphatic carbocycles. The Bertz CT molecular complexity index is 581. The van der Waals surface area contributed by atoms with Gasteiger partial charge in [0.1, 0.15) is 5.69 Å². The lowest BCUT2D eigenvalue weighted by Gasteiger charge is -2.58. The molecule has 2 aliphatic rings. The van der Waals surface area contributed by atoms with Gasteiger partial charge < -0.3 is 14.4 Å². The quantitative estimate of drug-likeness (QED) is 0.737. The maximum atomic E-state index is 12.7. The zero-order chi connectivity index (χ0) is 17.9. The zero-order valence-corrected chi connectivity index (χ0v) is 15.6. The summed E-state index contributed by atoms with van der Waals surface area (Å²) in [5, 5.41) is 4.37. The molecular formula is C18H30N4O3. The number of likely N-dealkylation sites (tertiary alicyclic amines) is 2. The van der Waals surface area contributed by atoms with Crippen LogP contribution in [0.5, 0.6) is 0 Å². The molecule has 0 aromatic carbocycles. The van der Waals surface area contributed by atoms with Gasteiger partial charge in [0.2, 0.25) is 0 Å². The van der Waals surface area contributed by atoms with E-state index >= 15 is 0 Å². The average molecular weight is 350 g/mol. The number of rotatable bonds is 7. The van der Waals surface area contributed by atoms with E-state index in [4.69, 9.17) is 9.47 Å². The highest BCUT2D eigenvalue weighted by Gasteiger charge is 2.51. The second kappa shape index (κ2) is 7.85. The highest BCUT2D eigenvalue weighted by atomic mass is 16.5. The van der Waals surface area contributed by atoms with Crippen LogP contribution in [0.1, 0.15) is 30.3 Å². The Morgan fingerprint density at radius 1 is 1.44 bits per heavy atom. The lowest BCUT2D eigenvalue weighted by atomic mass is 9.75. The largest absolute Gasteiger partial charge is 0.383 e. The van der Waals surface area contributed by atoms with Crippen LogP contribution >= 0.6 is 0 Å². The van der Waals surface area contributed by atoms with E-state index in [2.05, 4.69) is 17.0 Å². The fourth-order valence-corrected chi connectivity index (χ4v) is 3.96. The van der Waals surface area contributed by atoms with Crippen LogP contribution in [-0.4, -0.2) is 84.6 Å². The maximum absolute atomic E-state index is 12.7. The van der Waals surface area contributed by atoms with Gasteiger partial charge in [-0.15, -0.1) is 0 Å². The van der Waals surface area contributed by atoms with Crippen LogP contribution in [0, 0.1) is 5.92 Å². The van der Waals surface area contributed by atoms with E-state index in [-0.39, 0.29) is 11.4 Å². The molecule has 3 heterocycles. The monoisotopic (exact) mass is 350 g/mol. The van der Waals surface area contributed by atoms with Crippen molar-refractivity contribution in [2.75, 3.05) is 53.6 Å². The minimum atomic E-state index is 0.0297. The van der Waals surface area contributed by atoms with Crippen LogP contribution in [0.4, 0.5) is 0 Å². The van der Waals surface area contributed by atoms with E-state index in [1.807, 2.05) is 18.0 Å². The summed E-state index contributed by atoms with van der Waals surface area (Å²) in [6, 6.07) is 1.80. The SMILES string of the molecule is CCOC[C@H]1CCN(C)C2(C1)CN(C(=O)c1ccn(CCOC)n1)C2. The maximum Gasteiger partial charge on any atom is 0.274 e. The number of hydrogen-bond acceptors (Lipinski definition) is 5. The van der Waals surface area contributed by atoms with Crippen molar-refractivity contribution in [3.05, 3.63) is 18.0 Å². The molecule has 25 heavy (non-hydrogen) atoms. The molecule has 7 heteroatoms. The summed E-state index contributed by atoms with van der Waals surface area (Å²) in [4.78, 5) is 17.0. The molecule has 0 bridgehead atoms.